The van der Waals surface area contributed by atoms with Crippen LogP contribution in [0.15, 0.2) is 53.9 Å². The normalized spacial score (nSPS) is 12.4. The van der Waals surface area contributed by atoms with Crippen molar-refractivity contribution < 1.29 is 4.39 Å². The summed E-state index contributed by atoms with van der Waals surface area (Å²) in [6, 6.07) is 9.66. The van der Waals surface area contributed by atoms with Crippen molar-refractivity contribution in [3.63, 3.8) is 0 Å². The van der Waals surface area contributed by atoms with Crippen LogP contribution < -0.4 is 5.32 Å². The first kappa shape index (κ1) is 19.5. The van der Waals surface area contributed by atoms with Crippen molar-refractivity contribution in [2.24, 2.45) is 4.99 Å². The van der Waals surface area contributed by atoms with Crippen molar-refractivity contribution in [1.29, 1.82) is 0 Å². The van der Waals surface area contributed by atoms with E-state index in [0.717, 1.165) is 5.69 Å². The second-order valence-electron chi connectivity index (χ2n) is 6.72. The summed E-state index contributed by atoms with van der Waals surface area (Å²) < 4.78 is 13.7. The zero-order valence-electron chi connectivity index (χ0n) is 16.8. The number of nitrogens with one attached hydrogen (secondary N) is 1. The first-order valence-electron chi connectivity index (χ1n) is 9.52. The Kier molecular flexibility index (Phi) is 5.38. The van der Waals surface area contributed by atoms with Gasteiger partial charge in [-0.1, -0.05) is 6.07 Å². The molecule has 0 aliphatic rings. The number of hydrogen-bond acceptors (Lipinski definition) is 7. The lowest BCUT2D eigenvalue weighted by molar-refractivity contribution is 0.629. The molecule has 0 aliphatic heterocycles. The predicted octanol–water partition coefficient (Wildman–Crippen LogP) is 4.82. The molecule has 1 aromatic carbocycles. The Morgan fingerprint density at radius 2 is 1.93 bits per heavy atom. The fourth-order valence-corrected chi connectivity index (χ4v) is 3.16. The molecule has 0 saturated heterocycles. The highest BCUT2D eigenvalue weighted by Crippen LogP contribution is 2.31. The van der Waals surface area contributed by atoms with E-state index in [4.69, 9.17) is 4.98 Å². The Balaban J connectivity index is 1.83. The van der Waals surface area contributed by atoms with Gasteiger partial charge in [0, 0.05) is 18.5 Å². The second kappa shape index (κ2) is 8.28. The van der Waals surface area contributed by atoms with Gasteiger partial charge in [0.1, 0.15) is 23.5 Å². The molecule has 4 aromatic rings. The van der Waals surface area contributed by atoms with Crippen LogP contribution in [-0.2, 0) is 0 Å². The number of nitrogens with zero attached hydrogens (tertiary/aromatic N) is 6. The zero-order chi connectivity index (χ0) is 21.1. The van der Waals surface area contributed by atoms with Gasteiger partial charge in [-0.15, -0.1) is 0 Å². The number of halogens is 1. The van der Waals surface area contributed by atoms with Crippen LogP contribution in [0.1, 0.15) is 31.3 Å². The highest BCUT2D eigenvalue weighted by Gasteiger charge is 2.20. The Labute approximate surface area is 173 Å². The molecule has 150 valence electrons. The highest BCUT2D eigenvalue weighted by molar-refractivity contribution is 5.78. The molecule has 0 saturated carbocycles. The first-order chi connectivity index (χ1) is 14.6. The number of aromatic nitrogens is 5. The summed E-state index contributed by atoms with van der Waals surface area (Å²) >= 11 is 0. The smallest absolute Gasteiger partial charge is 0.156 e. The number of pyridine rings is 1. The van der Waals surface area contributed by atoms with Crippen LogP contribution in [0.5, 0.6) is 0 Å². The molecule has 1 N–H and O–H groups in total. The lowest BCUT2D eigenvalue weighted by Gasteiger charge is -2.19. The molecule has 8 heteroatoms. The van der Waals surface area contributed by atoms with E-state index in [-0.39, 0.29) is 11.9 Å². The molecule has 3 aromatic heterocycles. The molecule has 0 amide bonds. The number of aliphatic imine (C=N–C) groups is 1. The van der Waals surface area contributed by atoms with Crippen LogP contribution in [0.3, 0.4) is 0 Å². The molecule has 0 fully saturated rings. The van der Waals surface area contributed by atoms with Gasteiger partial charge in [-0.25, -0.2) is 24.3 Å². The van der Waals surface area contributed by atoms with Crippen molar-refractivity contribution >= 4 is 28.8 Å². The minimum Gasteiger partial charge on any atom is -0.360 e. The van der Waals surface area contributed by atoms with Gasteiger partial charge in [0.05, 0.1) is 34.2 Å². The molecule has 7 nitrogen and oxygen atoms in total. The van der Waals surface area contributed by atoms with E-state index in [1.54, 1.807) is 18.5 Å². The number of rotatable bonds is 5. The Bertz CT molecular complexity index is 1230. The second-order valence-corrected chi connectivity index (χ2v) is 6.72. The van der Waals surface area contributed by atoms with E-state index in [1.807, 2.05) is 39.0 Å². The SMILES string of the molecule is CC=Nc1c(C)ncnc1N[C@@H](C)c1nc2ccc(F)cc2nc1-c1ccccn1. The summed E-state index contributed by atoms with van der Waals surface area (Å²) in [6.45, 7) is 5.68. The number of aryl methyl sites for hydroxylation is 1. The van der Waals surface area contributed by atoms with E-state index >= 15 is 0 Å². The first-order valence-corrected chi connectivity index (χ1v) is 9.52. The quantitative estimate of drug-likeness (QED) is 0.482. The van der Waals surface area contributed by atoms with Gasteiger partial charge in [-0.05, 0) is 45.0 Å². The van der Waals surface area contributed by atoms with Crippen molar-refractivity contribution in [1.82, 2.24) is 24.9 Å². The van der Waals surface area contributed by atoms with Crippen LogP contribution in [-0.4, -0.2) is 31.1 Å². The molecule has 4 rings (SSSR count). The van der Waals surface area contributed by atoms with Gasteiger partial charge >= 0.3 is 0 Å². The van der Waals surface area contributed by atoms with Crippen molar-refractivity contribution in [3.8, 4) is 11.4 Å². The highest BCUT2D eigenvalue weighted by atomic mass is 19.1. The fraction of sp³-hybridized carbons (Fsp3) is 0.182. The van der Waals surface area contributed by atoms with Crippen molar-refractivity contribution in [2.45, 2.75) is 26.8 Å². The van der Waals surface area contributed by atoms with Crippen LogP contribution in [0.2, 0.25) is 0 Å². The minimum atomic E-state index is -0.360. The third-order valence-corrected chi connectivity index (χ3v) is 4.59. The zero-order valence-corrected chi connectivity index (χ0v) is 16.8. The lowest BCUT2D eigenvalue weighted by Crippen LogP contribution is -2.13. The van der Waals surface area contributed by atoms with Gasteiger partial charge < -0.3 is 5.32 Å². The van der Waals surface area contributed by atoms with Gasteiger partial charge in [-0.2, -0.15) is 0 Å². The molecule has 0 spiro atoms. The molecule has 1 atom stereocenters. The monoisotopic (exact) mass is 401 g/mol. The average molecular weight is 401 g/mol. The Morgan fingerprint density at radius 1 is 1.07 bits per heavy atom. The van der Waals surface area contributed by atoms with E-state index in [0.29, 0.717) is 39.6 Å². The summed E-state index contributed by atoms with van der Waals surface area (Å²) in [5, 5.41) is 3.37. The summed E-state index contributed by atoms with van der Waals surface area (Å²) in [7, 11) is 0. The number of anilines is 1. The molecule has 0 unspecified atom stereocenters. The summed E-state index contributed by atoms with van der Waals surface area (Å²) in [5.41, 5.74) is 4.43. The maximum Gasteiger partial charge on any atom is 0.156 e. The molecule has 0 radical (unpaired) electrons. The van der Waals surface area contributed by atoms with Gasteiger partial charge in [0.25, 0.3) is 0 Å². The van der Waals surface area contributed by atoms with Gasteiger partial charge in [0.15, 0.2) is 5.82 Å². The Morgan fingerprint density at radius 3 is 2.70 bits per heavy atom. The number of hydrogen-bond donors (Lipinski definition) is 1. The maximum absolute atomic E-state index is 13.7. The van der Waals surface area contributed by atoms with E-state index < -0.39 is 0 Å². The predicted molar refractivity (Wildman–Crippen MR) is 115 cm³/mol. The van der Waals surface area contributed by atoms with Crippen LogP contribution in [0.4, 0.5) is 15.9 Å². The standard InChI is InChI=1S/C22H20FN7/c1-4-24-20-13(2)26-12-27-22(20)28-14(3)19-21(17-7-5-6-10-25-17)30-18-11-15(23)8-9-16(18)29-19/h4-12,14H,1-3H3,(H,26,27,28)/t14-/m0/s1. The van der Waals surface area contributed by atoms with Gasteiger partial charge in [0.2, 0.25) is 0 Å². The van der Waals surface area contributed by atoms with Crippen molar-refractivity contribution in [3.05, 3.63) is 66.1 Å². The molecular weight excluding hydrogens is 381 g/mol. The minimum absolute atomic E-state index is 0.274. The molecule has 30 heavy (non-hydrogen) atoms. The fourth-order valence-electron chi connectivity index (χ4n) is 3.16. The van der Waals surface area contributed by atoms with Crippen LogP contribution >= 0.6 is 0 Å². The van der Waals surface area contributed by atoms with E-state index in [2.05, 4.69) is 30.2 Å². The number of benzene rings is 1. The molecule has 0 bridgehead atoms. The summed E-state index contributed by atoms with van der Waals surface area (Å²) in [5.74, 6) is 0.238. The van der Waals surface area contributed by atoms with Crippen LogP contribution in [0, 0.1) is 12.7 Å². The van der Waals surface area contributed by atoms with E-state index in [9.17, 15) is 4.39 Å². The Hall–Kier alpha value is -3.81. The molecular formula is C22H20FN7. The number of fused-ring (bicyclic) bond motifs is 1. The molecule has 0 aliphatic carbocycles. The lowest BCUT2D eigenvalue weighted by atomic mass is 10.1. The largest absolute Gasteiger partial charge is 0.360 e. The topological polar surface area (TPSA) is 88.8 Å². The van der Waals surface area contributed by atoms with Gasteiger partial charge in [-0.3, -0.25) is 9.98 Å². The summed E-state index contributed by atoms with van der Waals surface area (Å²) in [6.07, 6.45) is 4.88. The van der Waals surface area contributed by atoms with Crippen molar-refractivity contribution in [2.75, 3.05) is 5.32 Å². The molecule has 3 heterocycles. The van der Waals surface area contributed by atoms with Crippen LogP contribution in [0.25, 0.3) is 22.4 Å². The third-order valence-electron chi connectivity index (χ3n) is 4.59. The summed E-state index contributed by atoms with van der Waals surface area (Å²) in [4.78, 5) is 26.8. The average Bonchev–Trinajstić information content (AvgIpc) is 2.76. The third kappa shape index (κ3) is 3.84. The van der Waals surface area contributed by atoms with E-state index in [1.165, 1.54) is 18.5 Å². The maximum atomic E-state index is 13.7.